The number of thioether (sulfide) groups is 1. The Kier molecular flexibility index (Phi) is 5.78. The first kappa shape index (κ1) is 21.7. The molecule has 4 rings (SSSR count). The number of carbonyl (C=O) groups excluding carboxylic acids is 1. The Bertz CT molecular complexity index is 1360. The van der Waals surface area contributed by atoms with Gasteiger partial charge in [0.1, 0.15) is 10.4 Å². The molecule has 1 amide bonds. The van der Waals surface area contributed by atoms with Crippen LogP contribution in [0.2, 0.25) is 0 Å². The Morgan fingerprint density at radius 3 is 2.56 bits per heavy atom. The summed E-state index contributed by atoms with van der Waals surface area (Å²) in [6.45, 7) is 1.41. The molecular formula is C20H20N6O5S. The zero-order valence-electron chi connectivity index (χ0n) is 17.5. The number of benzene rings is 1. The molecule has 1 aliphatic rings. The van der Waals surface area contributed by atoms with E-state index in [1.807, 2.05) is 0 Å². The second-order valence-corrected chi connectivity index (χ2v) is 8.40. The van der Waals surface area contributed by atoms with E-state index in [1.165, 1.54) is 36.9 Å². The minimum atomic E-state index is -0.565. The standard InChI is InChI=1S/C20H20N6O5S/c1-23-17-15(19(28)24(2)20(23)29)18(32-11-14(27)25-8-3-4-9-25)22-16(21-17)12-6-5-7-13(10-12)26(30)31/h5-7,10H,3-4,8-9,11H2,1-2H3. The molecule has 3 heterocycles. The Labute approximate surface area is 185 Å². The Balaban J connectivity index is 1.87. The van der Waals surface area contributed by atoms with Crippen molar-refractivity contribution >= 4 is 34.4 Å². The lowest BCUT2D eigenvalue weighted by atomic mass is 10.2. The average Bonchev–Trinajstić information content (AvgIpc) is 3.34. The molecule has 0 radical (unpaired) electrons. The minimum Gasteiger partial charge on any atom is -0.342 e. The maximum absolute atomic E-state index is 12.9. The average molecular weight is 456 g/mol. The molecule has 1 fully saturated rings. The fourth-order valence-electron chi connectivity index (χ4n) is 3.61. The summed E-state index contributed by atoms with van der Waals surface area (Å²) >= 11 is 1.10. The largest absolute Gasteiger partial charge is 0.342 e. The number of likely N-dealkylation sites (tertiary alicyclic amines) is 1. The third kappa shape index (κ3) is 3.88. The van der Waals surface area contributed by atoms with Gasteiger partial charge in [-0.25, -0.2) is 14.8 Å². The number of aryl methyl sites for hydroxylation is 1. The highest BCUT2D eigenvalue weighted by molar-refractivity contribution is 8.00. The van der Waals surface area contributed by atoms with Gasteiger partial charge >= 0.3 is 5.69 Å². The van der Waals surface area contributed by atoms with Crippen LogP contribution in [0.3, 0.4) is 0 Å². The second-order valence-electron chi connectivity index (χ2n) is 7.44. The number of hydrogen-bond donors (Lipinski definition) is 0. The van der Waals surface area contributed by atoms with Crippen LogP contribution in [-0.4, -0.2) is 53.7 Å². The van der Waals surface area contributed by atoms with Gasteiger partial charge in [-0.05, 0) is 12.8 Å². The van der Waals surface area contributed by atoms with Crippen molar-refractivity contribution in [3.05, 3.63) is 55.2 Å². The van der Waals surface area contributed by atoms with Crippen LogP contribution >= 0.6 is 11.8 Å². The lowest BCUT2D eigenvalue weighted by Gasteiger charge is -2.15. The Hall–Kier alpha value is -3.54. The van der Waals surface area contributed by atoms with Crippen molar-refractivity contribution in [1.29, 1.82) is 0 Å². The fourth-order valence-corrected chi connectivity index (χ4v) is 4.53. The number of amides is 1. The zero-order chi connectivity index (χ0) is 23.0. The molecule has 0 saturated carbocycles. The normalized spacial score (nSPS) is 13.6. The molecule has 0 unspecified atom stereocenters. The first-order valence-electron chi connectivity index (χ1n) is 9.91. The maximum atomic E-state index is 12.9. The molecule has 11 nitrogen and oxygen atoms in total. The van der Waals surface area contributed by atoms with E-state index in [-0.39, 0.29) is 39.2 Å². The number of rotatable bonds is 5. The number of nitro groups is 1. The van der Waals surface area contributed by atoms with E-state index in [2.05, 4.69) is 9.97 Å². The van der Waals surface area contributed by atoms with Gasteiger partial charge in [0.2, 0.25) is 5.91 Å². The van der Waals surface area contributed by atoms with Gasteiger partial charge in [0.25, 0.3) is 11.2 Å². The van der Waals surface area contributed by atoms with E-state index in [1.54, 1.807) is 11.0 Å². The maximum Gasteiger partial charge on any atom is 0.332 e. The summed E-state index contributed by atoms with van der Waals surface area (Å²) in [5.74, 6) is 0.144. The summed E-state index contributed by atoms with van der Waals surface area (Å²) in [6, 6.07) is 5.79. The molecule has 2 aromatic heterocycles. The van der Waals surface area contributed by atoms with Crippen LogP contribution in [0.15, 0.2) is 38.9 Å². The summed E-state index contributed by atoms with van der Waals surface area (Å²) in [5.41, 5.74) is -0.796. The highest BCUT2D eigenvalue weighted by Crippen LogP contribution is 2.28. The van der Waals surface area contributed by atoms with Crippen molar-refractivity contribution in [2.75, 3.05) is 18.8 Å². The number of non-ortho nitro benzene ring substituents is 1. The topological polar surface area (TPSA) is 133 Å². The number of nitro benzene ring substituents is 1. The highest BCUT2D eigenvalue weighted by Gasteiger charge is 2.22. The van der Waals surface area contributed by atoms with Gasteiger partial charge in [0.15, 0.2) is 11.5 Å². The van der Waals surface area contributed by atoms with Crippen LogP contribution in [-0.2, 0) is 18.9 Å². The van der Waals surface area contributed by atoms with Gasteiger partial charge in [0.05, 0.1) is 10.7 Å². The van der Waals surface area contributed by atoms with Gasteiger partial charge in [-0.1, -0.05) is 23.9 Å². The molecule has 32 heavy (non-hydrogen) atoms. The van der Waals surface area contributed by atoms with Crippen molar-refractivity contribution in [3.8, 4) is 11.4 Å². The predicted octanol–water partition coefficient (Wildman–Crippen LogP) is 1.32. The SMILES string of the molecule is Cn1c(=O)c2c(SCC(=O)N3CCCC3)nc(-c3cccc([N+](=O)[O-])c3)nc2n(C)c1=O. The molecule has 166 valence electrons. The number of hydrogen-bond acceptors (Lipinski definition) is 8. The summed E-state index contributed by atoms with van der Waals surface area (Å²) in [7, 11) is 2.85. The molecule has 12 heteroatoms. The van der Waals surface area contributed by atoms with Crippen LogP contribution in [0.5, 0.6) is 0 Å². The van der Waals surface area contributed by atoms with Gasteiger partial charge in [-0.15, -0.1) is 0 Å². The first-order chi connectivity index (χ1) is 15.3. The van der Waals surface area contributed by atoms with Gasteiger partial charge in [0, 0.05) is 44.9 Å². The van der Waals surface area contributed by atoms with Gasteiger partial charge in [-0.2, -0.15) is 0 Å². The Morgan fingerprint density at radius 2 is 1.88 bits per heavy atom. The molecule has 0 N–H and O–H groups in total. The zero-order valence-corrected chi connectivity index (χ0v) is 18.3. The molecule has 0 atom stereocenters. The van der Waals surface area contributed by atoms with Crippen LogP contribution in [0.25, 0.3) is 22.4 Å². The lowest BCUT2D eigenvalue weighted by molar-refractivity contribution is -0.384. The minimum absolute atomic E-state index is 0.0576. The number of aromatic nitrogens is 4. The highest BCUT2D eigenvalue weighted by atomic mass is 32.2. The van der Waals surface area contributed by atoms with Crippen LogP contribution < -0.4 is 11.2 Å². The number of carbonyl (C=O) groups is 1. The molecule has 0 spiro atoms. The summed E-state index contributed by atoms with van der Waals surface area (Å²) in [5, 5.41) is 11.6. The third-order valence-electron chi connectivity index (χ3n) is 5.37. The van der Waals surface area contributed by atoms with E-state index >= 15 is 0 Å². The number of fused-ring (bicyclic) bond motifs is 1. The Morgan fingerprint density at radius 1 is 1.16 bits per heavy atom. The van der Waals surface area contributed by atoms with E-state index in [0.717, 1.165) is 29.2 Å². The van der Waals surface area contributed by atoms with Crippen molar-refractivity contribution in [3.63, 3.8) is 0 Å². The van der Waals surface area contributed by atoms with E-state index in [4.69, 9.17) is 0 Å². The van der Waals surface area contributed by atoms with E-state index < -0.39 is 16.2 Å². The molecule has 3 aromatic rings. The van der Waals surface area contributed by atoms with E-state index in [0.29, 0.717) is 18.7 Å². The first-order valence-corrected chi connectivity index (χ1v) is 10.9. The predicted molar refractivity (Wildman–Crippen MR) is 119 cm³/mol. The smallest absolute Gasteiger partial charge is 0.332 e. The molecule has 1 aromatic carbocycles. The van der Waals surface area contributed by atoms with Gasteiger partial charge < -0.3 is 4.90 Å². The van der Waals surface area contributed by atoms with Gasteiger partial charge in [-0.3, -0.25) is 28.8 Å². The number of nitrogens with zero attached hydrogens (tertiary/aromatic N) is 6. The molecular weight excluding hydrogens is 436 g/mol. The summed E-state index contributed by atoms with van der Waals surface area (Å²) in [6.07, 6.45) is 1.93. The quantitative estimate of drug-likeness (QED) is 0.243. The fraction of sp³-hybridized carbons (Fsp3) is 0.350. The summed E-state index contributed by atoms with van der Waals surface area (Å²) in [4.78, 5) is 59.2. The molecule has 0 bridgehead atoms. The van der Waals surface area contributed by atoms with E-state index in [9.17, 15) is 24.5 Å². The second kappa shape index (κ2) is 8.54. The van der Waals surface area contributed by atoms with Crippen LogP contribution in [0, 0.1) is 10.1 Å². The lowest BCUT2D eigenvalue weighted by Crippen LogP contribution is -2.37. The summed E-state index contributed by atoms with van der Waals surface area (Å²) < 4.78 is 2.19. The van der Waals surface area contributed by atoms with Crippen LogP contribution in [0.4, 0.5) is 5.69 Å². The third-order valence-corrected chi connectivity index (χ3v) is 6.33. The molecule has 1 aliphatic heterocycles. The van der Waals surface area contributed by atoms with Crippen molar-refractivity contribution in [1.82, 2.24) is 24.0 Å². The van der Waals surface area contributed by atoms with Crippen molar-refractivity contribution in [2.24, 2.45) is 14.1 Å². The van der Waals surface area contributed by atoms with Crippen molar-refractivity contribution < 1.29 is 9.72 Å². The molecule has 0 aliphatic carbocycles. The monoisotopic (exact) mass is 456 g/mol. The van der Waals surface area contributed by atoms with Crippen molar-refractivity contribution in [2.45, 2.75) is 17.9 Å². The molecule has 1 saturated heterocycles. The van der Waals surface area contributed by atoms with Crippen LogP contribution in [0.1, 0.15) is 12.8 Å².